The molecule has 0 aliphatic carbocycles. The molecule has 0 atom stereocenters. The molecule has 1 aromatic rings. The maximum Gasteiger partial charge on any atom is 0.307 e. The van der Waals surface area contributed by atoms with E-state index in [1.165, 1.54) is 19.2 Å². The van der Waals surface area contributed by atoms with Gasteiger partial charge in [0.1, 0.15) is 11.6 Å². The van der Waals surface area contributed by atoms with Crippen LogP contribution in [-0.2, 0) is 11.2 Å². The van der Waals surface area contributed by atoms with Gasteiger partial charge in [0.05, 0.1) is 13.5 Å². The van der Waals surface area contributed by atoms with Crippen molar-refractivity contribution in [3.05, 3.63) is 29.1 Å². The summed E-state index contributed by atoms with van der Waals surface area (Å²) in [6.45, 7) is 1.64. The van der Waals surface area contributed by atoms with Crippen LogP contribution in [0.4, 0.5) is 4.39 Å². The Morgan fingerprint density at radius 3 is 2.71 bits per heavy atom. The lowest BCUT2D eigenvalue weighted by Crippen LogP contribution is -2.05. The van der Waals surface area contributed by atoms with Gasteiger partial charge in [0.25, 0.3) is 0 Å². The second-order valence-corrected chi connectivity index (χ2v) is 2.92. The van der Waals surface area contributed by atoms with Gasteiger partial charge >= 0.3 is 5.97 Å². The van der Waals surface area contributed by atoms with Gasteiger partial charge in [-0.25, -0.2) is 4.39 Å². The highest BCUT2D eigenvalue weighted by Crippen LogP contribution is 2.24. The largest absolute Gasteiger partial charge is 0.496 e. The first-order chi connectivity index (χ1) is 6.56. The standard InChI is InChI=1S/C10H11FO3/c1-6-7(5-10(12)13)8(11)3-4-9(6)14-2/h3-4H,5H2,1-2H3,(H,12,13). The van der Waals surface area contributed by atoms with Crippen molar-refractivity contribution in [3.8, 4) is 5.75 Å². The van der Waals surface area contributed by atoms with Gasteiger partial charge in [-0.15, -0.1) is 0 Å². The van der Waals surface area contributed by atoms with Gasteiger partial charge in [-0.05, 0) is 24.6 Å². The number of hydrogen-bond donors (Lipinski definition) is 1. The van der Waals surface area contributed by atoms with Crippen LogP contribution in [0.15, 0.2) is 12.1 Å². The highest BCUT2D eigenvalue weighted by atomic mass is 19.1. The third kappa shape index (κ3) is 2.02. The average Bonchev–Trinajstić information content (AvgIpc) is 2.12. The normalized spacial score (nSPS) is 9.93. The second kappa shape index (κ2) is 4.09. The topological polar surface area (TPSA) is 46.5 Å². The first kappa shape index (κ1) is 10.5. The summed E-state index contributed by atoms with van der Waals surface area (Å²) in [6, 6.07) is 2.69. The summed E-state index contributed by atoms with van der Waals surface area (Å²) in [5, 5.41) is 8.57. The van der Waals surface area contributed by atoms with Crippen LogP contribution in [0.25, 0.3) is 0 Å². The number of methoxy groups -OCH3 is 1. The fourth-order valence-electron chi connectivity index (χ4n) is 1.29. The van der Waals surface area contributed by atoms with Crippen molar-refractivity contribution < 1.29 is 19.0 Å². The number of aliphatic carboxylic acids is 1. The average molecular weight is 198 g/mol. The van der Waals surface area contributed by atoms with Crippen molar-refractivity contribution in [3.63, 3.8) is 0 Å². The van der Waals surface area contributed by atoms with Gasteiger partial charge in [-0.1, -0.05) is 0 Å². The van der Waals surface area contributed by atoms with E-state index in [2.05, 4.69) is 0 Å². The molecule has 1 N–H and O–H groups in total. The third-order valence-corrected chi connectivity index (χ3v) is 2.04. The van der Waals surface area contributed by atoms with E-state index in [0.717, 1.165) is 0 Å². The van der Waals surface area contributed by atoms with Crippen molar-refractivity contribution in [1.29, 1.82) is 0 Å². The molecule has 0 spiro atoms. The predicted molar refractivity (Wildman–Crippen MR) is 49.0 cm³/mol. The van der Waals surface area contributed by atoms with Crippen molar-refractivity contribution in [1.82, 2.24) is 0 Å². The lowest BCUT2D eigenvalue weighted by atomic mass is 10.0. The van der Waals surface area contributed by atoms with Crippen molar-refractivity contribution in [2.75, 3.05) is 7.11 Å². The zero-order chi connectivity index (χ0) is 10.7. The second-order valence-electron chi connectivity index (χ2n) is 2.92. The van der Waals surface area contributed by atoms with E-state index >= 15 is 0 Å². The summed E-state index contributed by atoms with van der Waals surface area (Å²) < 4.78 is 18.2. The van der Waals surface area contributed by atoms with Crippen LogP contribution in [-0.4, -0.2) is 18.2 Å². The zero-order valence-corrected chi connectivity index (χ0v) is 8.00. The molecular weight excluding hydrogens is 187 g/mol. The summed E-state index contributed by atoms with van der Waals surface area (Å²) in [5.41, 5.74) is 0.715. The van der Waals surface area contributed by atoms with Crippen molar-refractivity contribution >= 4 is 5.97 Å². The Hall–Kier alpha value is -1.58. The first-order valence-electron chi connectivity index (χ1n) is 4.10. The van der Waals surface area contributed by atoms with Crippen LogP contribution in [0.5, 0.6) is 5.75 Å². The molecule has 0 unspecified atom stereocenters. The van der Waals surface area contributed by atoms with Crippen LogP contribution in [0.1, 0.15) is 11.1 Å². The van der Waals surface area contributed by atoms with Crippen LogP contribution >= 0.6 is 0 Å². The fraction of sp³-hybridized carbons (Fsp3) is 0.300. The van der Waals surface area contributed by atoms with E-state index in [4.69, 9.17) is 9.84 Å². The molecule has 4 heteroatoms. The Bertz CT molecular complexity index is 361. The molecule has 0 aromatic heterocycles. The lowest BCUT2D eigenvalue weighted by molar-refractivity contribution is -0.136. The first-order valence-corrected chi connectivity index (χ1v) is 4.10. The number of ether oxygens (including phenoxy) is 1. The molecular formula is C10H11FO3. The smallest absolute Gasteiger partial charge is 0.307 e. The number of benzene rings is 1. The monoisotopic (exact) mass is 198 g/mol. The van der Waals surface area contributed by atoms with E-state index in [1.54, 1.807) is 6.92 Å². The van der Waals surface area contributed by atoms with Gasteiger partial charge in [-0.3, -0.25) is 4.79 Å². The van der Waals surface area contributed by atoms with Gasteiger partial charge < -0.3 is 9.84 Å². The van der Waals surface area contributed by atoms with Gasteiger partial charge in [0.2, 0.25) is 0 Å². The molecule has 1 aromatic carbocycles. The number of carboxylic acid groups (broad SMARTS) is 1. The molecule has 1 rings (SSSR count). The van der Waals surface area contributed by atoms with E-state index in [9.17, 15) is 9.18 Å². The number of hydrogen-bond acceptors (Lipinski definition) is 2. The number of carbonyl (C=O) groups is 1. The maximum atomic E-state index is 13.2. The van der Waals surface area contributed by atoms with E-state index in [1.807, 2.05) is 0 Å². The molecule has 14 heavy (non-hydrogen) atoms. The quantitative estimate of drug-likeness (QED) is 0.805. The Balaban J connectivity index is 3.18. The van der Waals surface area contributed by atoms with Gasteiger partial charge in [-0.2, -0.15) is 0 Å². The Kier molecular flexibility index (Phi) is 3.06. The minimum Gasteiger partial charge on any atom is -0.496 e. The lowest BCUT2D eigenvalue weighted by Gasteiger charge is -2.09. The van der Waals surface area contributed by atoms with Crippen LogP contribution in [0, 0.1) is 12.7 Å². The fourth-order valence-corrected chi connectivity index (χ4v) is 1.29. The van der Waals surface area contributed by atoms with Gasteiger partial charge in [0, 0.05) is 5.56 Å². The molecule has 0 aliphatic rings. The van der Waals surface area contributed by atoms with E-state index in [-0.39, 0.29) is 12.0 Å². The molecule has 76 valence electrons. The SMILES string of the molecule is COc1ccc(F)c(CC(=O)O)c1C. The number of carboxylic acids is 1. The van der Waals surface area contributed by atoms with Crippen LogP contribution in [0.3, 0.4) is 0 Å². The van der Waals surface area contributed by atoms with Gasteiger partial charge in [0.15, 0.2) is 0 Å². The predicted octanol–water partition coefficient (Wildman–Crippen LogP) is 1.77. The summed E-state index contributed by atoms with van der Waals surface area (Å²) in [7, 11) is 1.46. The van der Waals surface area contributed by atoms with E-state index < -0.39 is 11.8 Å². The number of rotatable bonds is 3. The molecule has 0 saturated carbocycles. The third-order valence-electron chi connectivity index (χ3n) is 2.04. The molecule has 0 radical (unpaired) electrons. The number of halogens is 1. The molecule has 0 bridgehead atoms. The molecule has 0 amide bonds. The molecule has 0 heterocycles. The molecule has 0 saturated heterocycles. The highest BCUT2D eigenvalue weighted by molar-refractivity contribution is 5.71. The molecule has 0 fully saturated rings. The van der Waals surface area contributed by atoms with E-state index in [0.29, 0.717) is 11.3 Å². The molecule has 3 nitrogen and oxygen atoms in total. The van der Waals surface area contributed by atoms with Crippen molar-refractivity contribution in [2.45, 2.75) is 13.3 Å². The minimum atomic E-state index is -1.06. The molecule has 0 aliphatic heterocycles. The summed E-state index contributed by atoms with van der Waals surface area (Å²) in [5.74, 6) is -1.06. The zero-order valence-electron chi connectivity index (χ0n) is 8.00. The van der Waals surface area contributed by atoms with Crippen LogP contribution in [0.2, 0.25) is 0 Å². The Labute approximate surface area is 81.1 Å². The van der Waals surface area contributed by atoms with Crippen molar-refractivity contribution in [2.24, 2.45) is 0 Å². The minimum absolute atomic E-state index is 0.178. The Morgan fingerprint density at radius 2 is 2.21 bits per heavy atom. The van der Waals surface area contributed by atoms with Crippen LogP contribution < -0.4 is 4.74 Å². The summed E-state index contributed by atoms with van der Waals surface area (Å²) in [6.07, 6.45) is -0.325. The summed E-state index contributed by atoms with van der Waals surface area (Å²) >= 11 is 0. The highest BCUT2D eigenvalue weighted by Gasteiger charge is 2.13. The maximum absolute atomic E-state index is 13.2. The summed E-state index contributed by atoms with van der Waals surface area (Å²) in [4.78, 5) is 10.5. The Morgan fingerprint density at radius 1 is 1.57 bits per heavy atom.